The Morgan fingerprint density at radius 1 is 0.533 bits per heavy atom. The van der Waals surface area contributed by atoms with E-state index in [9.17, 15) is 39.6 Å². The molecule has 0 spiro atoms. The Hall–Kier alpha value is -3.21. The molecule has 0 atom stereocenters. The SMILES string of the molecule is O=C([O-])C(=O)/C=C(\[O-])c1ccccc1.O=C([O-])C(=O)/C=C(\[O-])c1ccccc1.[Ni+2].[Ni+2]. The van der Waals surface area contributed by atoms with Crippen molar-refractivity contribution in [3.63, 3.8) is 0 Å². The Kier molecular flexibility index (Phi) is 14.2. The first-order valence-corrected chi connectivity index (χ1v) is 7.61. The van der Waals surface area contributed by atoms with Gasteiger partial charge in [-0.25, -0.2) is 0 Å². The molecule has 2 aromatic carbocycles. The Bertz CT molecular complexity index is 845. The summed E-state index contributed by atoms with van der Waals surface area (Å²) < 4.78 is 0. The summed E-state index contributed by atoms with van der Waals surface area (Å²) in [5, 5.41) is 42.4. The van der Waals surface area contributed by atoms with E-state index in [1.807, 2.05) is 0 Å². The van der Waals surface area contributed by atoms with Crippen molar-refractivity contribution in [3.05, 3.63) is 83.9 Å². The first kappa shape index (κ1) is 29.0. The van der Waals surface area contributed by atoms with E-state index in [1.165, 1.54) is 24.3 Å². The van der Waals surface area contributed by atoms with Gasteiger partial charge in [-0.2, -0.15) is 0 Å². The topological polar surface area (TPSA) is 161 Å². The zero-order chi connectivity index (χ0) is 21.1. The maximum Gasteiger partial charge on any atom is 2.00 e. The molecule has 0 fully saturated rings. The van der Waals surface area contributed by atoms with Crippen molar-refractivity contribution in [3.8, 4) is 0 Å². The predicted molar refractivity (Wildman–Crippen MR) is 88.9 cm³/mol. The number of hydrogen-bond acceptors (Lipinski definition) is 8. The molecule has 0 bridgehead atoms. The van der Waals surface area contributed by atoms with Gasteiger partial charge in [0, 0.05) is 0 Å². The van der Waals surface area contributed by atoms with E-state index < -0.39 is 35.0 Å². The Balaban J connectivity index is 0. The van der Waals surface area contributed by atoms with E-state index in [0.29, 0.717) is 12.2 Å². The molecule has 0 N–H and O–H groups in total. The van der Waals surface area contributed by atoms with Crippen molar-refractivity contribution >= 4 is 35.0 Å². The van der Waals surface area contributed by atoms with Crippen LogP contribution in [0.4, 0.5) is 0 Å². The van der Waals surface area contributed by atoms with Crippen LogP contribution in [-0.2, 0) is 52.2 Å². The Labute approximate surface area is 191 Å². The molecule has 0 saturated heterocycles. The number of hydrogen-bond donors (Lipinski definition) is 0. The third kappa shape index (κ3) is 10.4. The number of benzene rings is 2. The second kappa shape index (κ2) is 14.7. The molecule has 0 saturated carbocycles. The molecule has 0 unspecified atom stereocenters. The smallest absolute Gasteiger partial charge is 0.872 e. The van der Waals surface area contributed by atoms with Crippen LogP contribution in [0.25, 0.3) is 11.5 Å². The number of rotatable bonds is 6. The number of carbonyl (C=O) groups excluding carboxylic acids is 4. The van der Waals surface area contributed by atoms with E-state index in [2.05, 4.69) is 0 Å². The molecule has 2 rings (SSSR count). The minimum absolute atomic E-state index is 0. The first-order valence-electron chi connectivity index (χ1n) is 7.61. The molecule has 0 aliphatic heterocycles. The van der Waals surface area contributed by atoms with Gasteiger partial charge in [-0.05, 0) is 23.3 Å². The fourth-order valence-corrected chi connectivity index (χ4v) is 1.73. The van der Waals surface area contributed by atoms with Crippen molar-refractivity contribution in [1.29, 1.82) is 0 Å². The molecular weight excluding hydrogens is 486 g/mol. The van der Waals surface area contributed by atoms with Gasteiger partial charge < -0.3 is 30.0 Å². The number of carboxylic acids is 2. The summed E-state index contributed by atoms with van der Waals surface area (Å²) in [5.74, 6) is -7.68. The number of aliphatic carboxylic acids is 2. The van der Waals surface area contributed by atoms with Gasteiger partial charge in [-0.1, -0.05) is 72.2 Å². The molecule has 0 aliphatic rings. The van der Waals surface area contributed by atoms with Crippen LogP contribution in [0.15, 0.2) is 72.8 Å². The molecule has 160 valence electrons. The van der Waals surface area contributed by atoms with Crippen LogP contribution >= 0.6 is 0 Å². The second-order valence-corrected chi connectivity index (χ2v) is 5.05. The standard InChI is InChI=1S/2C10H8O4.2Ni/c2*11-8(6-9(12)10(13)14)7-4-2-1-3-5-7;;/h2*1-6,11H,(H,13,14);;/q;;2*+2/p-4/b2*8-6-;;. The van der Waals surface area contributed by atoms with Gasteiger partial charge in [0.05, 0.1) is 0 Å². The summed E-state index contributed by atoms with van der Waals surface area (Å²) >= 11 is 0. The molecule has 0 amide bonds. The molecule has 0 heterocycles. The van der Waals surface area contributed by atoms with Gasteiger partial charge in [0.15, 0.2) is 0 Å². The summed E-state index contributed by atoms with van der Waals surface area (Å²) in [6.45, 7) is 0. The van der Waals surface area contributed by atoms with Crippen molar-refractivity contribution in [2.24, 2.45) is 0 Å². The van der Waals surface area contributed by atoms with Crippen LogP contribution in [0.5, 0.6) is 0 Å². The van der Waals surface area contributed by atoms with Gasteiger partial charge in [-0.3, -0.25) is 9.59 Å². The first-order chi connectivity index (χ1) is 13.2. The zero-order valence-electron chi connectivity index (χ0n) is 14.8. The maximum atomic E-state index is 11.2. The summed E-state index contributed by atoms with van der Waals surface area (Å²) in [6.07, 6.45) is 1.01. The molecule has 8 nitrogen and oxygen atoms in total. The third-order valence-electron chi connectivity index (χ3n) is 3.04. The van der Waals surface area contributed by atoms with Crippen molar-refractivity contribution in [2.45, 2.75) is 0 Å². The minimum Gasteiger partial charge on any atom is -0.872 e. The van der Waals surface area contributed by atoms with Gasteiger partial charge >= 0.3 is 33.0 Å². The predicted octanol–water partition coefficient (Wildman–Crippen LogP) is -2.59. The van der Waals surface area contributed by atoms with E-state index in [-0.39, 0.29) is 44.1 Å². The molecular formula is C20H12Ni2O8. The van der Waals surface area contributed by atoms with Crippen LogP contribution in [0.3, 0.4) is 0 Å². The quantitative estimate of drug-likeness (QED) is 0.182. The largest absolute Gasteiger partial charge is 2.00 e. The van der Waals surface area contributed by atoms with Crippen LogP contribution < -0.4 is 20.4 Å². The average molecular weight is 498 g/mol. The van der Waals surface area contributed by atoms with Crippen LogP contribution in [-0.4, -0.2) is 23.5 Å². The fourth-order valence-electron chi connectivity index (χ4n) is 1.73. The summed E-state index contributed by atoms with van der Waals surface area (Å²) in [5.41, 5.74) is 0.532. The molecule has 2 aromatic rings. The molecule has 0 radical (unpaired) electrons. The Morgan fingerprint density at radius 2 is 0.800 bits per heavy atom. The molecule has 0 aromatic heterocycles. The third-order valence-corrected chi connectivity index (χ3v) is 3.04. The van der Waals surface area contributed by atoms with E-state index >= 15 is 0 Å². The van der Waals surface area contributed by atoms with Gasteiger partial charge in [-0.15, -0.1) is 0 Å². The van der Waals surface area contributed by atoms with Crippen LogP contribution in [0.2, 0.25) is 0 Å². The van der Waals surface area contributed by atoms with Crippen molar-refractivity contribution < 1.29 is 72.6 Å². The maximum absolute atomic E-state index is 11.2. The van der Waals surface area contributed by atoms with Crippen molar-refractivity contribution in [2.75, 3.05) is 0 Å². The van der Waals surface area contributed by atoms with Crippen LogP contribution in [0, 0.1) is 0 Å². The molecule has 10 heteroatoms. The Morgan fingerprint density at radius 3 is 1.03 bits per heavy atom. The molecule has 30 heavy (non-hydrogen) atoms. The number of carbonyl (C=O) groups is 4. The number of ketones is 2. The van der Waals surface area contributed by atoms with E-state index in [0.717, 1.165) is 0 Å². The van der Waals surface area contributed by atoms with Crippen LogP contribution in [0.1, 0.15) is 11.1 Å². The summed E-state index contributed by atoms with van der Waals surface area (Å²) in [6, 6.07) is 15.8. The minimum atomic E-state index is -1.88. The van der Waals surface area contributed by atoms with E-state index in [1.54, 1.807) is 36.4 Å². The average Bonchev–Trinajstić information content (AvgIpc) is 2.69. The zero-order valence-corrected chi connectivity index (χ0v) is 16.8. The summed E-state index contributed by atoms with van der Waals surface area (Å²) in [7, 11) is 0. The molecule has 0 aliphatic carbocycles. The summed E-state index contributed by atoms with van der Waals surface area (Å²) in [4.78, 5) is 41.2. The van der Waals surface area contributed by atoms with Crippen molar-refractivity contribution in [1.82, 2.24) is 0 Å². The van der Waals surface area contributed by atoms with Gasteiger partial charge in [0.2, 0.25) is 11.6 Å². The normalized spacial score (nSPS) is 10.3. The van der Waals surface area contributed by atoms with E-state index in [4.69, 9.17) is 0 Å². The monoisotopic (exact) mass is 496 g/mol. The second-order valence-electron chi connectivity index (χ2n) is 5.05. The van der Waals surface area contributed by atoms with Gasteiger partial charge in [0.25, 0.3) is 0 Å². The fraction of sp³-hybridized carbons (Fsp3) is 0. The number of carboxylic acid groups (broad SMARTS) is 2. The van der Waals surface area contributed by atoms with Gasteiger partial charge in [0.1, 0.15) is 11.9 Å².